The number of carbonyl (C=O) groups excluding carboxylic acids is 2. The molecule has 1 heterocycles. The van der Waals surface area contributed by atoms with Crippen LogP contribution in [0.4, 0.5) is 5.69 Å². The largest absolute Gasteiger partial charge is 0.469 e. The molecule has 2 rings (SSSR count). The highest BCUT2D eigenvalue weighted by molar-refractivity contribution is 6.00. The van der Waals surface area contributed by atoms with Gasteiger partial charge in [-0.2, -0.15) is 5.10 Å². The fraction of sp³-hybridized carbons (Fsp3) is 0.368. The van der Waals surface area contributed by atoms with Crippen molar-refractivity contribution in [2.45, 2.75) is 33.6 Å². The fourth-order valence-electron chi connectivity index (χ4n) is 2.72. The first-order valence-electron chi connectivity index (χ1n) is 9.13. The number of nitro groups is 1. The van der Waals surface area contributed by atoms with Crippen LogP contribution in [0.15, 0.2) is 34.2 Å². The number of H-pyrrole nitrogens is 1. The first kappa shape index (κ1) is 22.5. The molecule has 0 aliphatic heterocycles. The Morgan fingerprint density at radius 2 is 1.93 bits per heavy atom. The van der Waals surface area contributed by atoms with E-state index in [0.717, 1.165) is 4.68 Å². The molecular weight excluding hydrogens is 394 g/mol. The van der Waals surface area contributed by atoms with E-state index in [4.69, 9.17) is 0 Å². The van der Waals surface area contributed by atoms with E-state index in [9.17, 15) is 24.5 Å². The van der Waals surface area contributed by atoms with Gasteiger partial charge in [-0.05, 0) is 25.0 Å². The minimum absolute atomic E-state index is 0.101. The van der Waals surface area contributed by atoms with Gasteiger partial charge in [0.05, 0.1) is 41.1 Å². The Labute approximate surface area is 171 Å². The van der Waals surface area contributed by atoms with Gasteiger partial charge in [0.25, 0.3) is 11.2 Å². The predicted molar refractivity (Wildman–Crippen MR) is 109 cm³/mol. The number of nitrogens with zero attached hydrogens (tertiary/aromatic N) is 3. The Hall–Kier alpha value is -3.76. The van der Waals surface area contributed by atoms with Crippen molar-refractivity contribution in [1.82, 2.24) is 15.2 Å². The molecule has 0 fully saturated rings. The number of methoxy groups -OCH3 is 1. The zero-order valence-corrected chi connectivity index (χ0v) is 17.1. The number of hydrogen-bond donors (Lipinski definition) is 2. The monoisotopic (exact) mass is 417 g/mol. The van der Waals surface area contributed by atoms with E-state index in [0.29, 0.717) is 5.69 Å². The molecule has 0 bridgehead atoms. The third kappa shape index (κ3) is 5.40. The summed E-state index contributed by atoms with van der Waals surface area (Å²) >= 11 is 0. The quantitative estimate of drug-likeness (QED) is 0.289. The number of non-ortho nitro benzene ring substituents is 1. The molecule has 11 heteroatoms. The Morgan fingerprint density at radius 1 is 1.30 bits per heavy atom. The zero-order chi connectivity index (χ0) is 22.4. The van der Waals surface area contributed by atoms with Crippen molar-refractivity contribution >= 4 is 23.3 Å². The van der Waals surface area contributed by atoms with Crippen molar-refractivity contribution in [1.29, 1.82) is 0 Å². The number of nitro benzene ring substituents is 1. The summed E-state index contributed by atoms with van der Waals surface area (Å²) in [7, 11) is 1.22. The predicted octanol–water partition coefficient (Wildman–Crippen LogP) is 1.68. The molecule has 0 aliphatic carbocycles. The van der Waals surface area contributed by atoms with Gasteiger partial charge in [-0.25, -0.2) is 10.1 Å². The maximum Gasteiger partial charge on any atom is 0.311 e. The second-order valence-corrected chi connectivity index (χ2v) is 6.96. The van der Waals surface area contributed by atoms with Gasteiger partial charge >= 0.3 is 5.97 Å². The number of amides is 1. The van der Waals surface area contributed by atoms with Crippen molar-refractivity contribution in [2.75, 3.05) is 7.11 Å². The standard InChI is InChI=1S/C19H23N5O6/c1-11(2)9-16(25)21-20-12(3)18-15(10-17(26)30-4)22-23(19(18)27)13-5-7-14(8-6-13)24(28)29/h5-8,11,22H,9-10H2,1-4H3,(H,21,25)/b20-12+. The normalized spacial score (nSPS) is 11.4. The summed E-state index contributed by atoms with van der Waals surface area (Å²) < 4.78 is 5.82. The van der Waals surface area contributed by atoms with E-state index in [1.165, 1.54) is 38.3 Å². The van der Waals surface area contributed by atoms with Crippen LogP contribution in [0.3, 0.4) is 0 Å². The topological polar surface area (TPSA) is 149 Å². The van der Waals surface area contributed by atoms with Crippen LogP contribution < -0.4 is 11.0 Å². The van der Waals surface area contributed by atoms with Crippen LogP contribution in [-0.2, 0) is 20.7 Å². The summed E-state index contributed by atoms with van der Waals surface area (Å²) in [6.07, 6.45) is 0.0415. The molecule has 0 radical (unpaired) electrons. The van der Waals surface area contributed by atoms with Gasteiger partial charge in [0.15, 0.2) is 0 Å². The highest BCUT2D eigenvalue weighted by atomic mass is 16.6. The summed E-state index contributed by atoms with van der Waals surface area (Å²) in [5, 5.41) is 17.6. The number of rotatable bonds is 8. The van der Waals surface area contributed by atoms with Gasteiger partial charge in [0, 0.05) is 18.6 Å². The van der Waals surface area contributed by atoms with E-state index in [1.807, 2.05) is 13.8 Å². The van der Waals surface area contributed by atoms with Crippen molar-refractivity contribution in [3.63, 3.8) is 0 Å². The van der Waals surface area contributed by atoms with Crippen LogP contribution in [-0.4, -0.2) is 39.4 Å². The lowest BCUT2D eigenvalue weighted by molar-refractivity contribution is -0.384. The number of hydrogen-bond acceptors (Lipinski definition) is 7. The molecular formula is C19H23N5O6. The van der Waals surface area contributed by atoms with Gasteiger partial charge in [0.1, 0.15) is 0 Å². The molecule has 0 atom stereocenters. The van der Waals surface area contributed by atoms with Gasteiger partial charge < -0.3 is 4.74 Å². The molecule has 2 N–H and O–H groups in total. The number of benzene rings is 1. The van der Waals surface area contributed by atoms with E-state index in [-0.39, 0.29) is 47.3 Å². The average molecular weight is 417 g/mol. The van der Waals surface area contributed by atoms with Crippen LogP contribution in [0.2, 0.25) is 0 Å². The van der Waals surface area contributed by atoms with E-state index in [2.05, 4.69) is 20.4 Å². The molecule has 1 amide bonds. The van der Waals surface area contributed by atoms with Crippen LogP contribution in [0.1, 0.15) is 38.4 Å². The van der Waals surface area contributed by atoms with E-state index >= 15 is 0 Å². The lowest BCUT2D eigenvalue weighted by Gasteiger charge is -2.04. The lowest BCUT2D eigenvalue weighted by atomic mass is 10.1. The van der Waals surface area contributed by atoms with Crippen molar-refractivity contribution < 1.29 is 19.2 Å². The van der Waals surface area contributed by atoms with Crippen molar-refractivity contribution in [3.8, 4) is 5.69 Å². The van der Waals surface area contributed by atoms with Crippen molar-refractivity contribution in [3.05, 3.63) is 56.0 Å². The number of hydrazone groups is 1. The third-order valence-corrected chi connectivity index (χ3v) is 4.14. The molecule has 0 saturated carbocycles. The zero-order valence-electron chi connectivity index (χ0n) is 17.1. The Bertz CT molecular complexity index is 1030. The summed E-state index contributed by atoms with van der Waals surface area (Å²) in [6.45, 7) is 5.31. The second kappa shape index (κ2) is 9.63. The first-order chi connectivity index (χ1) is 14.1. The summed E-state index contributed by atoms with van der Waals surface area (Å²) in [5.41, 5.74) is 2.62. The van der Waals surface area contributed by atoms with E-state index in [1.54, 1.807) is 0 Å². The Balaban J connectivity index is 2.47. The van der Waals surface area contributed by atoms with Gasteiger partial charge in [-0.3, -0.25) is 29.6 Å². The SMILES string of the molecule is COC(=O)Cc1[nH]n(-c2ccc([N+](=O)[O-])cc2)c(=O)c1/C(C)=N/NC(=O)CC(C)C. The van der Waals surface area contributed by atoms with Crippen LogP contribution >= 0.6 is 0 Å². The molecule has 11 nitrogen and oxygen atoms in total. The van der Waals surface area contributed by atoms with Crippen LogP contribution in [0, 0.1) is 16.0 Å². The molecule has 160 valence electrons. The fourth-order valence-corrected chi connectivity index (χ4v) is 2.72. The Morgan fingerprint density at radius 3 is 2.47 bits per heavy atom. The number of nitrogens with one attached hydrogen (secondary N) is 2. The van der Waals surface area contributed by atoms with Gasteiger partial charge in [-0.1, -0.05) is 13.8 Å². The Kier molecular flexibility index (Phi) is 7.23. The molecule has 0 unspecified atom stereocenters. The minimum Gasteiger partial charge on any atom is -0.469 e. The van der Waals surface area contributed by atoms with Crippen molar-refractivity contribution in [2.24, 2.45) is 11.0 Å². The van der Waals surface area contributed by atoms with Crippen LogP contribution in [0.5, 0.6) is 0 Å². The summed E-state index contributed by atoms with van der Waals surface area (Å²) in [4.78, 5) is 46.9. The summed E-state index contributed by atoms with van der Waals surface area (Å²) in [6, 6.07) is 5.32. The van der Waals surface area contributed by atoms with Gasteiger partial charge in [-0.15, -0.1) is 0 Å². The second-order valence-electron chi connectivity index (χ2n) is 6.96. The smallest absolute Gasteiger partial charge is 0.311 e. The number of aromatic amines is 1. The first-order valence-corrected chi connectivity index (χ1v) is 9.13. The average Bonchev–Trinajstić information content (AvgIpc) is 3.01. The molecule has 1 aromatic heterocycles. The molecule has 2 aromatic rings. The lowest BCUT2D eigenvalue weighted by Crippen LogP contribution is -2.24. The number of ether oxygens (including phenoxy) is 1. The highest BCUT2D eigenvalue weighted by Crippen LogP contribution is 2.15. The van der Waals surface area contributed by atoms with Crippen LogP contribution in [0.25, 0.3) is 5.69 Å². The molecule has 1 aromatic carbocycles. The van der Waals surface area contributed by atoms with E-state index < -0.39 is 16.5 Å². The number of esters is 1. The maximum absolute atomic E-state index is 13.0. The molecule has 30 heavy (non-hydrogen) atoms. The minimum atomic E-state index is -0.579. The number of aromatic nitrogens is 2. The third-order valence-electron chi connectivity index (χ3n) is 4.14. The van der Waals surface area contributed by atoms with Gasteiger partial charge in [0.2, 0.25) is 5.91 Å². The molecule has 0 aliphatic rings. The highest BCUT2D eigenvalue weighted by Gasteiger charge is 2.21. The maximum atomic E-state index is 13.0. The molecule has 0 saturated heterocycles. The summed E-state index contributed by atoms with van der Waals surface area (Å²) in [5.74, 6) is -0.739. The molecule has 0 spiro atoms. The number of carbonyl (C=O) groups is 2.